The molecule has 2 heterocycles. The van der Waals surface area contributed by atoms with E-state index in [1.54, 1.807) is 4.90 Å². The summed E-state index contributed by atoms with van der Waals surface area (Å²) in [4.78, 5) is 36.0. The predicted molar refractivity (Wildman–Crippen MR) is 84.0 cm³/mol. The van der Waals surface area contributed by atoms with Gasteiger partial charge in [0, 0.05) is 25.2 Å². The molecule has 6 nitrogen and oxygen atoms in total. The number of carbonyl (C=O) groups is 3. The molecule has 1 fully saturated rings. The normalized spacial score (nSPS) is 19.6. The molecular formula is C17H20N2O4. The smallest absolute Gasteiger partial charge is 0.308 e. The van der Waals surface area contributed by atoms with Crippen molar-refractivity contribution in [2.45, 2.75) is 32.1 Å². The molecule has 1 saturated heterocycles. The minimum Gasteiger partial charge on any atom is -0.481 e. The van der Waals surface area contributed by atoms with Gasteiger partial charge in [-0.25, -0.2) is 0 Å². The van der Waals surface area contributed by atoms with Crippen LogP contribution in [0.4, 0.5) is 5.69 Å². The van der Waals surface area contributed by atoms with Crippen LogP contribution in [0, 0.1) is 5.92 Å². The Kier molecular flexibility index (Phi) is 4.32. The molecule has 1 atom stereocenters. The van der Waals surface area contributed by atoms with Crippen LogP contribution < -0.4 is 5.32 Å². The standard InChI is InChI=1S/C17H20N2O4/c20-15-9-13-8-11(4-5-14(13)18-15)2-1-3-16(21)19-7-6-12(10-19)17(22)23/h4-5,8,12H,1-3,6-7,9-10H2,(H,18,20)(H,22,23)/t12-/m1/s1. The van der Waals surface area contributed by atoms with Gasteiger partial charge in [-0.1, -0.05) is 12.1 Å². The van der Waals surface area contributed by atoms with Gasteiger partial charge in [-0.05, 0) is 36.5 Å². The predicted octanol–water partition coefficient (Wildman–Crippen LogP) is 1.44. The molecule has 2 aliphatic heterocycles. The number of carboxylic acid groups (broad SMARTS) is 1. The van der Waals surface area contributed by atoms with Crippen molar-refractivity contribution < 1.29 is 19.5 Å². The number of nitrogens with one attached hydrogen (secondary N) is 1. The monoisotopic (exact) mass is 316 g/mol. The van der Waals surface area contributed by atoms with Crippen LogP contribution >= 0.6 is 0 Å². The zero-order valence-electron chi connectivity index (χ0n) is 12.9. The van der Waals surface area contributed by atoms with Crippen LogP contribution in [0.3, 0.4) is 0 Å². The van der Waals surface area contributed by atoms with E-state index in [0.717, 1.165) is 29.7 Å². The van der Waals surface area contributed by atoms with E-state index >= 15 is 0 Å². The molecule has 0 saturated carbocycles. The lowest BCUT2D eigenvalue weighted by atomic mass is 10.0. The number of hydrogen-bond acceptors (Lipinski definition) is 3. The van der Waals surface area contributed by atoms with Crippen molar-refractivity contribution in [3.05, 3.63) is 29.3 Å². The lowest BCUT2D eigenvalue weighted by Gasteiger charge is -2.15. The van der Waals surface area contributed by atoms with Crippen molar-refractivity contribution >= 4 is 23.5 Å². The minimum absolute atomic E-state index is 0.0225. The fourth-order valence-electron chi connectivity index (χ4n) is 3.23. The van der Waals surface area contributed by atoms with Crippen LogP contribution in [0.5, 0.6) is 0 Å². The zero-order chi connectivity index (χ0) is 16.4. The molecule has 122 valence electrons. The maximum atomic E-state index is 12.1. The molecule has 6 heteroatoms. The highest BCUT2D eigenvalue weighted by Gasteiger charge is 2.30. The van der Waals surface area contributed by atoms with E-state index < -0.39 is 11.9 Å². The van der Waals surface area contributed by atoms with Crippen LogP contribution in [-0.4, -0.2) is 40.9 Å². The fraction of sp³-hybridized carbons (Fsp3) is 0.471. The molecule has 1 aromatic rings. The lowest BCUT2D eigenvalue weighted by molar-refractivity contribution is -0.141. The van der Waals surface area contributed by atoms with E-state index in [-0.39, 0.29) is 11.8 Å². The number of rotatable bonds is 5. The Morgan fingerprint density at radius 1 is 1.35 bits per heavy atom. The van der Waals surface area contributed by atoms with Gasteiger partial charge in [0.15, 0.2) is 0 Å². The molecule has 0 spiro atoms. The second-order valence-corrected chi connectivity index (χ2v) is 6.23. The number of anilines is 1. The van der Waals surface area contributed by atoms with Crippen molar-refractivity contribution in [1.82, 2.24) is 4.90 Å². The number of carbonyl (C=O) groups excluding carboxylic acids is 2. The summed E-state index contributed by atoms with van der Waals surface area (Å²) >= 11 is 0. The highest BCUT2D eigenvalue weighted by molar-refractivity contribution is 5.99. The third kappa shape index (κ3) is 3.52. The second kappa shape index (κ2) is 6.40. The summed E-state index contributed by atoms with van der Waals surface area (Å²) in [6.45, 7) is 0.878. The summed E-state index contributed by atoms with van der Waals surface area (Å²) in [7, 11) is 0. The molecule has 0 bridgehead atoms. The number of carboxylic acids is 1. The Hall–Kier alpha value is -2.37. The SMILES string of the molecule is O=C1Cc2cc(CCCC(=O)N3CC[C@@H](C(=O)O)C3)ccc2N1. The van der Waals surface area contributed by atoms with E-state index in [1.807, 2.05) is 18.2 Å². The average Bonchev–Trinajstić information content (AvgIpc) is 3.12. The molecular weight excluding hydrogens is 296 g/mol. The quantitative estimate of drug-likeness (QED) is 0.860. The number of aliphatic carboxylic acids is 1. The summed E-state index contributed by atoms with van der Waals surface area (Å²) in [5.74, 6) is -1.18. The first-order chi connectivity index (χ1) is 11.0. The highest BCUT2D eigenvalue weighted by atomic mass is 16.4. The van der Waals surface area contributed by atoms with Crippen LogP contribution in [0.25, 0.3) is 0 Å². The molecule has 3 rings (SSSR count). The summed E-state index contributed by atoms with van der Waals surface area (Å²) in [5.41, 5.74) is 3.02. The van der Waals surface area contributed by atoms with E-state index in [2.05, 4.69) is 5.32 Å². The number of likely N-dealkylation sites (tertiary alicyclic amines) is 1. The highest BCUT2D eigenvalue weighted by Crippen LogP contribution is 2.24. The minimum atomic E-state index is -0.818. The Balaban J connectivity index is 1.47. The number of hydrogen-bond donors (Lipinski definition) is 2. The van der Waals surface area contributed by atoms with Gasteiger partial charge in [0.05, 0.1) is 12.3 Å². The lowest BCUT2D eigenvalue weighted by Crippen LogP contribution is -2.29. The van der Waals surface area contributed by atoms with Gasteiger partial charge in [0.25, 0.3) is 0 Å². The first kappa shape index (κ1) is 15.5. The molecule has 0 aliphatic carbocycles. The molecule has 0 unspecified atom stereocenters. The van der Waals surface area contributed by atoms with Gasteiger partial charge < -0.3 is 15.3 Å². The van der Waals surface area contributed by atoms with Crippen molar-refractivity contribution in [2.75, 3.05) is 18.4 Å². The zero-order valence-corrected chi connectivity index (χ0v) is 12.9. The van der Waals surface area contributed by atoms with Crippen molar-refractivity contribution in [3.8, 4) is 0 Å². The number of nitrogens with zero attached hydrogens (tertiary/aromatic N) is 1. The molecule has 2 N–H and O–H groups in total. The Labute approximate surface area is 134 Å². The van der Waals surface area contributed by atoms with Crippen LogP contribution in [0.15, 0.2) is 18.2 Å². The Morgan fingerprint density at radius 2 is 2.17 bits per heavy atom. The first-order valence-corrected chi connectivity index (χ1v) is 7.95. The van der Waals surface area contributed by atoms with Gasteiger partial charge in [-0.15, -0.1) is 0 Å². The summed E-state index contributed by atoms with van der Waals surface area (Å²) in [6, 6.07) is 5.91. The Bertz CT molecular complexity index is 656. The Morgan fingerprint density at radius 3 is 2.91 bits per heavy atom. The van der Waals surface area contributed by atoms with Gasteiger partial charge in [0.2, 0.25) is 11.8 Å². The van der Waals surface area contributed by atoms with E-state index in [0.29, 0.717) is 32.4 Å². The summed E-state index contributed by atoms with van der Waals surface area (Å²) in [5, 5.41) is 11.8. The van der Waals surface area contributed by atoms with Gasteiger partial charge in [-0.2, -0.15) is 0 Å². The van der Waals surface area contributed by atoms with Crippen LogP contribution in [-0.2, 0) is 27.2 Å². The van der Waals surface area contributed by atoms with Gasteiger partial charge in [-0.3, -0.25) is 14.4 Å². The molecule has 0 aromatic heterocycles. The molecule has 2 amide bonds. The fourth-order valence-corrected chi connectivity index (χ4v) is 3.23. The summed E-state index contributed by atoms with van der Waals surface area (Å²) in [6.07, 6.45) is 2.91. The van der Waals surface area contributed by atoms with Gasteiger partial charge >= 0.3 is 5.97 Å². The number of amides is 2. The van der Waals surface area contributed by atoms with E-state index in [9.17, 15) is 14.4 Å². The van der Waals surface area contributed by atoms with Crippen molar-refractivity contribution in [2.24, 2.45) is 5.92 Å². The molecule has 2 aliphatic rings. The van der Waals surface area contributed by atoms with E-state index in [1.165, 1.54) is 0 Å². The average molecular weight is 316 g/mol. The second-order valence-electron chi connectivity index (χ2n) is 6.23. The maximum absolute atomic E-state index is 12.1. The third-order valence-electron chi connectivity index (χ3n) is 4.54. The van der Waals surface area contributed by atoms with E-state index in [4.69, 9.17) is 5.11 Å². The van der Waals surface area contributed by atoms with Crippen LogP contribution in [0.1, 0.15) is 30.4 Å². The first-order valence-electron chi connectivity index (χ1n) is 7.95. The number of aryl methyl sites for hydroxylation is 1. The van der Waals surface area contributed by atoms with Crippen LogP contribution in [0.2, 0.25) is 0 Å². The number of benzene rings is 1. The summed E-state index contributed by atoms with van der Waals surface area (Å²) < 4.78 is 0. The maximum Gasteiger partial charge on any atom is 0.308 e. The molecule has 0 radical (unpaired) electrons. The van der Waals surface area contributed by atoms with Crippen molar-refractivity contribution in [3.63, 3.8) is 0 Å². The number of fused-ring (bicyclic) bond motifs is 1. The topological polar surface area (TPSA) is 86.7 Å². The van der Waals surface area contributed by atoms with Crippen molar-refractivity contribution in [1.29, 1.82) is 0 Å². The largest absolute Gasteiger partial charge is 0.481 e. The molecule has 23 heavy (non-hydrogen) atoms. The van der Waals surface area contributed by atoms with Gasteiger partial charge in [0.1, 0.15) is 0 Å². The molecule has 1 aromatic carbocycles. The third-order valence-corrected chi connectivity index (χ3v) is 4.54.